The summed E-state index contributed by atoms with van der Waals surface area (Å²) in [5.41, 5.74) is 1.52. The third-order valence-electron chi connectivity index (χ3n) is 4.49. The van der Waals surface area contributed by atoms with Gasteiger partial charge in [0.05, 0.1) is 30.7 Å². The van der Waals surface area contributed by atoms with Crippen molar-refractivity contribution in [1.29, 1.82) is 0 Å². The summed E-state index contributed by atoms with van der Waals surface area (Å²) in [5, 5.41) is 3.11. The molecule has 1 heterocycles. The Morgan fingerprint density at radius 3 is 2.44 bits per heavy atom. The topological polar surface area (TPSA) is 75.7 Å². The second kappa shape index (κ2) is 8.43. The Kier molecular flexibility index (Phi) is 6.01. The van der Waals surface area contributed by atoms with Crippen LogP contribution in [0.3, 0.4) is 0 Å². The van der Waals surface area contributed by atoms with Gasteiger partial charge >= 0.3 is 0 Å². The van der Waals surface area contributed by atoms with Crippen molar-refractivity contribution in [3.05, 3.63) is 54.6 Å². The molecule has 1 aliphatic rings. The summed E-state index contributed by atoms with van der Waals surface area (Å²) >= 11 is 0. The minimum absolute atomic E-state index is 0.0106. The number of ether oxygens (including phenoxy) is 1. The number of nitrogens with zero attached hydrogens (tertiary/aromatic N) is 1. The third-order valence-corrected chi connectivity index (χ3v) is 6.24. The lowest BCUT2D eigenvalue weighted by Gasteiger charge is -2.28. The molecule has 1 amide bonds. The van der Waals surface area contributed by atoms with E-state index < -0.39 is 9.84 Å². The van der Waals surface area contributed by atoms with E-state index in [9.17, 15) is 13.2 Å². The van der Waals surface area contributed by atoms with Gasteiger partial charge < -0.3 is 15.0 Å². The molecule has 144 valence electrons. The van der Waals surface area contributed by atoms with Crippen molar-refractivity contribution in [2.75, 3.05) is 34.9 Å². The zero-order chi connectivity index (χ0) is 19.3. The number of carbonyl (C=O) groups is 1. The molecule has 0 spiro atoms. The van der Waals surface area contributed by atoms with E-state index >= 15 is 0 Å². The van der Waals surface area contributed by atoms with Gasteiger partial charge in [-0.15, -0.1) is 0 Å². The Labute approximate surface area is 160 Å². The zero-order valence-corrected chi connectivity index (χ0v) is 16.1. The Bertz CT molecular complexity index is 867. The summed E-state index contributed by atoms with van der Waals surface area (Å²) in [4.78, 5) is 14.5. The molecule has 1 saturated heterocycles. The first-order valence-electron chi connectivity index (χ1n) is 9.03. The highest BCUT2D eigenvalue weighted by molar-refractivity contribution is 7.91. The van der Waals surface area contributed by atoms with Gasteiger partial charge in [0, 0.05) is 11.4 Å². The molecular formula is C20H24N2O4S. The van der Waals surface area contributed by atoms with Crippen LogP contribution in [0.1, 0.15) is 13.3 Å². The number of sulfone groups is 1. The molecular weight excluding hydrogens is 364 g/mol. The number of hydrogen-bond donors (Lipinski definition) is 1. The van der Waals surface area contributed by atoms with Crippen molar-refractivity contribution in [1.82, 2.24) is 0 Å². The maximum atomic E-state index is 12.9. The molecule has 1 aliphatic heterocycles. The molecule has 27 heavy (non-hydrogen) atoms. The average molecular weight is 388 g/mol. The number of rotatable bonds is 7. The van der Waals surface area contributed by atoms with Gasteiger partial charge in [0.15, 0.2) is 9.84 Å². The predicted octanol–water partition coefficient (Wildman–Crippen LogP) is 2.72. The number of anilines is 2. The Hall–Kier alpha value is -2.54. The molecule has 0 bridgehead atoms. The number of nitrogens with one attached hydrogen (secondary N) is 1. The first-order chi connectivity index (χ1) is 13.0. The van der Waals surface area contributed by atoms with Crippen LogP contribution in [0.25, 0.3) is 0 Å². The zero-order valence-electron chi connectivity index (χ0n) is 15.3. The van der Waals surface area contributed by atoms with Gasteiger partial charge in [-0.1, -0.05) is 18.2 Å². The maximum absolute atomic E-state index is 12.9. The molecule has 2 aromatic carbocycles. The van der Waals surface area contributed by atoms with Crippen molar-refractivity contribution in [3.8, 4) is 5.75 Å². The van der Waals surface area contributed by atoms with E-state index in [4.69, 9.17) is 4.74 Å². The maximum Gasteiger partial charge on any atom is 0.246 e. The van der Waals surface area contributed by atoms with Gasteiger partial charge in [-0.2, -0.15) is 0 Å². The van der Waals surface area contributed by atoms with Crippen LogP contribution in [0.4, 0.5) is 11.4 Å². The molecule has 6 nitrogen and oxygen atoms in total. The standard InChI is InChI=1S/C20H24N2O4S/c1-2-26-19-10-8-16(9-11-19)21-14-20(23)22(17-6-4-3-5-7-17)18-12-13-27(24,25)15-18/h3-11,18,21H,2,12-15H2,1H3. The summed E-state index contributed by atoms with van der Waals surface area (Å²) in [6.07, 6.45) is 0.464. The van der Waals surface area contributed by atoms with Crippen LogP contribution in [0.15, 0.2) is 54.6 Å². The fraction of sp³-hybridized carbons (Fsp3) is 0.350. The smallest absolute Gasteiger partial charge is 0.246 e. The first kappa shape index (κ1) is 19.2. The van der Waals surface area contributed by atoms with Crippen molar-refractivity contribution in [3.63, 3.8) is 0 Å². The summed E-state index contributed by atoms with van der Waals surface area (Å²) in [6, 6.07) is 16.3. The number of benzene rings is 2. The van der Waals surface area contributed by atoms with Crippen LogP contribution >= 0.6 is 0 Å². The molecule has 1 fully saturated rings. The number of carbonyl (C=O) groups excluding carboxylic acids is 1. The van der Waals surface area contributed by atoms with Crippen LogP contribution in [-0.2, 0) is 14.6 Å². The average Bonchev–Trinajstić information content (AvgIpc) is 3.02. The third kappa shape index (κ3) is 5.01. The molecule has 1 atom stereocenters. The van der Waals surface area contributed by atoms with Gasteiger partial charge in [0.1, 0.15) is 5.75 Å². The fourth-order valence-corrected chi connectivity index (χ4v) is 4.92. The highest BCUT2D eigenvalue weighted by Gasteiger charge is 2.35. The van der Waals surface area contributed by atoms with E-state index in [1.807, 2.05) is 61.5 Å². The molecule has 7 heteroatoms. The normalized spacial score (nSPS) is 18.0. The van der Waals surface area contributed by atoms with Crippen molar-refractivity contribution >= 4 is 27.1 Å². The predicted molar refractivity (Wildman–Crippen MR) is 107 cm³/mol. The lowest BCUT2D eigenvalue weighted by atomic mass is 10.1. The van der Waals surface area contributed by atoms with Crippen LogP contribution in [0.2, 0.25) is 0 Å². The molecule has 2 aromatic rings. The lowest BCUT2D eigenvalue weighted by molar-refractivity contribution is -0.117. The quantitative estimate of drug-likeness (QED) is 0.789. The number of amides is 1. The Morgan fingerprint density at radius 2 is 1.85 bits per heavy atom. The van der Waals surface area contributed by atoms with E-state index in [0.717, 1.165) is 17.1 Å². The van der Waals surface area contributed by atoms with Gasteiger partial charge in [0.2, 0.25) is 5.91 Å². The molecule has 3 rings (SSSR count). The summed E-state index contributed by atoms with van der Waals surface area (Å²) < 4.78 is 29.2. The lowest BCUT2D eigenvalue weighted by Crippen LogP contribution is -2.44. The number of hydrogen-bond acceptors (Lipinski definition) is 5. The molecule has 0 radical (unpaired) electrons. The van der Waals surface area contributed by atoms with E-state index in [2.05, 4.69) is 5.32 Å². The van der Waals surface area contributed by atoms with Gasteiger partial charge in [0.25, 0.3) is 0 Å². The highest BCUT2D eigenvalue weighted by atomic mass is 32.2. The second-order valence-electron chi connectivity index (χ2n) is 6.47. The van der Waals surface area contributed by atoms with Crippen LogP contribution < -0.4 is 15.0 Å². The largest absolute Gasteiger partial charge is 0.494 e. The van der Waals surface area contributed by atoms with Crippen molar-refractivity contribution in [2.24, 2.45) is 0 Å². The molecule has 1 unspecified atom stereocenters. The minimum Gasteiger partial charge on any atom is -0.494 e. The molecule has 0 saturated carbocycles. The van der Waals surface area contributed by atoms with Gasteiger partial charge in [-0.05, 0) is 49.7 Å². The Morgan fingerprint density at radius 1 is 1.15 bits per heavy atom. The molecule has 1 N–H and O–H groups in total. The van der Waals surface area contributed by atoms with E-state index in [1.54, 1.807) is 4.90 Å². The molecule has 0 aromatic heterocycles. The van der Waals surface area contributed by atoms with Crippen LogP contribution in [0, 0.1) is 0 Å². The van der Waals surface area contributed by atoms with Crippen molar-refractivity contribution in [2.45, 2.75) is 19.4 Å². The van der Waals surface area contributed by atoms with Crippen LogP contribution in [0.5, 0.6) is 5.75 Å². The summed E-state index contributed by atoms with van der Waals surface area (Å²) in [7, 11) is -3.09. The Balaban J connectivity index is 1.71. The van der Waals surface area contributed by atoms with E-state index in [1.165, 1.54) is 0 Å². The van der Waals surface area contributed by atoms with Crippen molar-refractivity contribution < 1.29 is 17.9 Å². The monoisotopic (exact) mass is 388 g/mol. The first-order valence-corrected chi connectivity index (χ1v) is 10.8. The van der Waals surface area contributed by atoms with Crippen LogP contribution in [-0.4, -0.2) is 45.0 Å². The number of para-hydroxylation sites is 1. The SMILES string of the molecule is CCOc1ccc(NCC(=O)N(c2ccccc2)C2CCS(=O)(=O)C2)cc1. The minimum atomic E-state index is -3.09. The van der Waals surface area contributed by atoms with E-state index in [-0.39, 0.29) is 30.0 Å². The van der Waals surface area contributed by atoms with Gasteiger partial charge in [-0.25, -0.2) is 8.42 Å². The summed E-state index contributed by atoms with van der Waals surface area (Å²) in [6.45, 7) is 2.60. The molecule has 0 aliphatic carbocycles. The highest BCUT2D eigenvalue weighted by Crippen LogP contribution is 2.25. The fourth-order valence-electron chi connectivity index (χ4n) is 3.22. The second-order valence-corrected chi connectivity index (χ2v) is 8.70. The summed E-state index contributed by atoms with van der Waals surface area (Å²) in [5.74, 6) is 0.755. The van der Waals surface area contributed by atoms with Gasteiger partial charge in [-0.3, -0.25) is 4.79 Å². The van der Waals surface area contributed by atoms with E-state index in [0.29, 0.717) is 13.0 Å².